The summed E-state index contributed by atoms with van der Waals surface area (Å²) in [6.07, 6.45) is 0.0787. The Morgan fingerprint density at radius 2 is 1.86 bits per heavy atom. The molecule has 0 amide bonds. The van der Waals surface area contributed by atoms with Crippen molar-refractivity contribution in [3.05, 3.63) is 0 Å². The van der Waals surface area contributed by atoms with Crippen LogP contribution in [0.15, 0.2) is 0 Å². The molecule has 0 bridgehead atoms. The molecule has 0 aliphatic rings. The van der Waals surface area contributed by atoms with Gasteiger partial charge in [-0.2, -0.15) is 0 Å². The van der Waals surface area contributed by atoms with E-state index in [0.717, 1.165) is 0 Å². The molecule has 0 aromatic rings. The van der Waals surface area contributed by atoms with Crippen molar-refractivity contribution >= 4 is 5.97 Å². The normalized spacial score (nSPS) is 11.9. The lowest BCUT2D eigenvalue weighted by atomic mass is 10.5. The lowest BCUT2D eigenvalue weighted by Crippen LogP contribution is -2.33. The van der Waals surface area contributed by atoms with Gasteiger partial charge in [-0.15, -0.1) is 0 Å². The molecule has 5 nitrogen and oxygen atoms in total. The number of carbonyl (C=O) groups is 1. The van der Waals surface area contributed by atoms with Crippen LogP contribution in [-0.2, 0) is 9.53 Å². The fraction of sp³-hybridized carbons (Fsp3) is 0.889. The Morgan fingerprint density at radius 1 is 1.43 bits per heavy atom. The van der Waals surface area contributed by atoms with E-state index < -0.39 is 5.97 Å². The number of hydrogen-bond donors (Lipinski definition) is 2. The van der Waals surface area contributed by atoms with Crippen LogP contribution in [0, 0.1) is 0 Å². The van der Waals surface area contributed by atoms with Crippen molar-refractivity contribution in [1.29, 1.82) is 0 Å². The van der Waals surface area contributed by atoms with E-state index in [1.165, 1.54) is 0 Å². The molecule has 0 aromatic carbocycles. The maximum Gasteiger partial charge on any atom is 0.303 e. The van der Waals surface area contributed by atoms with Crippen LogP contribution in [0.3, 0.4) is 0 Å². The van der Waals surface area contributed by atoms with Crippen molar-refractivity contribution in [1.82, 2.24) is 4.90 Å². The Balaban J connectivity index is 0. The Bertz CT molecular complexity index is 139. The third-order valence-electron chi connectivity index (χ3n) is 1.39. The minimum atomic E-state index is -0.745. The van der Waals surface area contributed by atoms with E-state index in [1.54, 1.807) is 6.92 Å². The van der Waals surface area contributed by atoms with Crippen molar-refractivity contribution in [2.24, 2.45) is 0 Å². The fourth-order valence-corrected chi connectivity index (χ4v) is 0.557. The topological polar surface area (TPSA) is 70.0 Å². The van der Waals surface area contributed by atoms with Gasteiger partial charge in [0.1, 0.15) is 6.23 Å². The molecular weight excluding hydrogens is 186 g/mol. The van der Waals surface area contributed by atoms with Crippen LogP contribution in [0.2, 0.25) is 0 Å². The smallest absolute Gasteiger partial charge is 0.303 e. The van der Waals surface area contributed by atoms with Crippen molar-refractivity contribution in [2.45, 2.75) is 26.5 Å². The first kappa shape index (κ1) is 15.8. The molecule has 5 heteroatoms. The van der Waals surface area contributed by atoms with E-state index in [-0.39, 0.29) is 19.3 Å². The number of aliphatic hydroxyl groups is 1. The number of hydrogen-bond acceptors (Lipinski definition) is 4. The number of ether oxygens (including phenoxy) is 1. The summed E-state index contributed by atoms with van der Waals surface area (Å²) in [7, 11) is 3.74. The molecule has 2 N–H and O–H groups in total. The van der Waals surface area contributed by atoms with Gasteiger partial charge in [0.2, 0.25) is 0 Å². The number of carboxylic acids is 1. The zero-order valence-electron chi connectivity index (χ0n) is 9.36. The van der Waals surface area contributed by atoms with Crippen molar-refractivity contribution in [3.63, 3.8) is 0 Å². The summed E-state index contributed by atoms with van der Waals surface area (Å²) in [4.78, 5) is 11.2. The van der Waals surface area contributed by atoms with Gasteiger partial charge in [-0.1, -0.05) is 6.92 Å². The molecular formula is C9H21NO4. The van der Waals surface area contributed by atoms with E-state index in [9.17, 15) is 4.79 Å². The maximum atomic E-state index is 9.37. The average molecular weight is 207 g/mol. The van der Waals surface area contributed by atoms with Crippen molar-refractivity contribution < 1.29 is 19.7 Å². The number of aliphatic hydroxyl groups excluding tert-OH is 1. The summed E-state index contributed by atoms with van der Waals surface area (Å²) in [5.41, 5.74) is 0. The second-order valence-electron chi connectivity index (χ2n) is 2.80. The minimum Gasteiger partial charge on any atom is -0.481 e. The molecule has 14 heavy (non-hydrogen) atoms. The second kappa shape index (κ2) is 10.4. The predicted octanol–water partition coefficient (Wildman–Crippen LogP) is 0.384. The van der Waals surface area contributed by atoms with E-state index in [4.69, 9.17) is 14.9 Å². The zero-order chi connectivity index (χ0) is 11.6. The highest BCUT2D eigenvalue weighted by molar-refractivity contribution is 5.66. The first-order chi connectivity index (χ1) is 6.49. The van der Waals surface area contributed by atoms with Crippen molar-refractivity contribution in [3.8, 4) is 0 Å². The van der Waals surface area contributed by atoms with Crippen LogP contribution >= 0.6 is 0 Å². The van der Waals surface area contributed by atoms with E-state index in [1.807, 2.05) is 25.9 Å². The molecule has 0 heterocycles. The van der Waals surface area contributed by atoms with Gasteiger partial charge >= 0.3 is 5.97 Å². The van der Waals surface area contributed by atoms with Gasteiger partial charge in [0.15, 0.2) is 0 Å². The lowest BCUT2D eigenvalue weighted by Gasteiger charge is -2.21. The molecule has 0 rings (SSSR count). The summed E-state index contributed by atoms with van der Waals surface area (Å²) in [6.45, 7) is 4.21. The summed E-state index contributed by atoms with van der Waals surface area (Å²) >= 11 is 0. The SMILES string of the molecule is CCC(=O)O.CCOC(CO)N(C)C. The molecule has 86 valence electrons. The highest BCUT2D eigenvalue weighted by Gasteiger charge is 2.06. The molecule has 0 spiro atoms. The third kappa shape index (κ3) is 11.4. The van der Waals surface area contributed by atoms with E-state index >= 15 is 0 Å². The monoisotopic (exact) mass is 207 g/mol. The van der Waals surface area contributed by atoms with Crippen LogP contribution in [0.4, 0.5) is 0 Å². The van der Waals surface area contributed by atoms with Gasteiger partial charge in [0.05, 0.1) is 6.61 Å². The van der Waals surface area contributed by atoms with Crippen LogP contribution < -0.4 is 0 Å². The first-order valence-corrected chi connectivity index (χ1v) is 4.60. The molecule has 0 fully saturated rings. The third-order valence-corrected chi connectivity index (χ3v) is 1.39. The van der Waals surface area contributed by atoms with Gasteiger partial charge in [-0.3, -0.25) is 9.69 Å². The van der Waals surface area contributed by atoms with E-state index in [2.05, 4.69) is 0 Å². The Morgan fingerprint density at radius 3 is 1.93 bits per heavy atom. The summed E-state index contributed by atoms with van der Waals surface area (Å²) in [5, 5.41) is 16.4. The average Bonchev–Trinajstić information content (AvgIpc) is 2.14. The largest absolute Gasteiger partial charge is 0.481 e. The quantitative estimate of drug-likeness (QED) is 0.638. The number of likely N-dealkylation sites (N-methyl/N-ethyl adjacent to an activating group) is 1. The van der Waals surface area contributed by atoms with Crippen LogP contribution in [-0.4, -0.2) is 54.6 Å². The standard InChI is InChI=1S/C6H15NO2.C3H6O2/c1-4-9-6(5-8)7(2)3;1-2-3(4)5/h6,8H,4-5H2,1-3H3;2H2,1H3,(H,4,5). The van der Waals surface area contributed by atoms with Gasteiger partial charge in [0, 0.05) is 13.0 Å². The van der Waals surface area contributed by atoms with Gasteiger partial charge in [-0.25, -0.2) is 0 Å². The molecule has 0 aliphatic carbocycles. The van der Waals surface area contributed by atoms with Crippen molar-refractivity contribution in [2.75, 3.05) is 27.3 Å². The number of aliphatic carboxylic acids is 1. The van der Waals surface area contributed by atoms with Gasteiger partial charge < -0.3 is 14.9 Å². The Hall–Kier alpha value is -0.650. The van der Waals surface area contributed by atoms with Crippen LogP contribution in [0.5, 0.6) is 0 Å². The highest BCUT2D eigenvalue weighted by Crippen LogP contribution is 1.92. The molecule has 0 radical (unpaired) electrons. The highest BCUT2D eigenvalue weighted by atomic mass is 16.5. The number of rotatable bonds is 5. The lowest BCUT2D eigenvalue weighted by molar-refractivity contribution is -0.136. The minimum absolute atomic E-state index is 0.0564. The Kier molecular flexibility index (Phi) is 11.8. The van der Waals surface area contributed by atoms with Gasteiger partial charge in [-0.05, 0) is 21.0 Å². The molecule has 0 saturated heterocycles. The maximum absolute atomic E-state index is 9.37. The predicted molar refractivity (Wildman–Crippen MR) is 54.1 cm³/mol. The molecule has 0 saturated carbocycles. The zero-order valence-corrected chi connectivity index (χ0v) is 9.36. The summed E-state index contributed by atoms with van der Waals surface area (Å²) < 4.78 is 5.13. The fourth-order valence-electron chi connectivity index (χ4n) is 0.557. The number of carboxylic acid groups (broad SMARTS) is 1. The summed E-state index contributed by atoms with van der Waals surface area (Å²) in [5.74, 6) is -0.745. The van der Waals surface area contributed by atoms with E-state index in [0.29, 0.717) is 6.61 Å². The van der Waals surface area contributed by atoms with Gasteiger partial charge in [0.25, 0.3) is 0 Å². The number of nitrogens with zero attached hydrogens (tertiary/aromatic N) is 1. The summed E-state index contributed by atoms with van der Waals surface area (Å²) in [6, 6.07) is 0. The second-order valence-corrected chi connectivity index (χ2v) is 2.80. The molecule has 0 aromatic heterocycles. The Labute approximate surface area is 85.3 Å². The van der Waals surface area contributed by atoms with Crippen LogP contribution in [0.25, 0.3) is 0 Å². The van der Waals surface area contributed by atoms with Crippen LogP contribution in [0.1, 0.15) is 20.3 Å². The molecule has 1 unspecified atom stereocenters. The first-order valence-electron chi connectivity index (χ1n) is 4.60. The molecule has 0 aliphatic heterocycles. The molecule has 1 atom stereocenters.